The van der Waals surface area contributed by atoms with Crippen molar-refractivity contribution < 1.29 is 9.47 Å². The van der Waals surface area contributed by atoms with Crippen LogP contribution in [0.25, 0.3) is 33.3 Å². The molecule has 1 N–H and O–H groups in total. The molecule has 140 valence electrons. The number of nitrogens with zero attached hydrogens (tertiary/aromatic N) is 2. The van der Waals surface area contributed by atoms with Crippen LogP contribution in [0.15, 0.2) is 67.0 Å². The molecule has 0 bridgehead atoms. The van der Waals surface area contributed by atoms with Crippen LogP contribution in [0.3, 0.4) is 0 Å². The number of anilines is 1. The molecule has 2 heterocycles. The highest BCUT2D eigenvalue weighted by Gasteiger charge is 2.19. The Kier molecular flexibility index (Phi) is 4.81. The van der Waals surface area contributed by atoms with Crippen LogP contribution < -0.4 is 14.8 Å². The first-order valence-corrected chi connectivity index (χ1v) is 9.00. The van der Waals surface area contributed by atoms with E-state index in [0.29, 0.717) is 11.5 Å². The lowest BCUT2D eigenvalue weighted by atomic mass is 9.95. The van der Waals surface area contributed by atoms with Crippen molar-refractivity contribution in [2.75, 3.05) is 26.6 Å². The average molecular weight is 371 g/mol. The maximum atomic E-state index is 5.51. The van der Waals surface area contributed by atoms with Gasteiger partial charge in [-0.1, -0.05) is 30.3 Å². The average Bonchev–Trinajstić information content (AvgIpc) is 2.77. The molecule has 0 radical (unpaired) electrons. The van der Waals surface area contributed by atoms with Crippen molar-refractivity contribution in [3.63, 3.8) is 0 Å². The van der Waals surface area contributed by atoms with Gasteiger partial charge in [0.25, 0.3) is 0 Å². The number of rotatable bonds is 5. The van der Waals surface area contributed by atoms with Gasteiger partial charge in [0.05, 0.1) is 31.1 Å². The van der Waals surface area contributed by atoms with Crippen LogP contribution in [0.2, 0.25) is 0 Å². The summed E-state index contributed by atoms with van der Waals surface area (Å²) in [5.74, 6) is 1.32. The lowest BCUT2D eigenvalue weighted by Crippen LogP contribution is -2.01. The van der Waals surface area contributed by atoms with E-state index in [0.717, 1.165) is 39.0 Å². The summed E-state index contributed by atoms with van der Waals surface area (Å²) in [5, 5.41) is 4.34. The van der Waals surface area contributed by atoms with E-state index >= 15 is 0 Å². The zero-order valence-corrected chi connectivity index (χ0v) is 16.1. The van der Waals surface area contributed by atoms with Gasteiger partial charge in [-0.3, -0.25) is 4.98 Å². The van der Waals surface area contributed by atoms with Gasteiger partial charge in [0.15, 0.2) is 11.5 Å². The maximum Gasteiger partial charge on any atom is 0.162 e. The highest BCUT2D eigenvalue weighted by atomic mass is 16.5. The molecule has 0 atom stereocenters. The summed E-state index contributed by atoms with van der Waals surface area (Å²) in [6.07, 6.45) is 3.59. The number of pyridine rings is 2. The first-order chi connectivity index (χ1) is 13.8. The summed E-state index contributed by atoms with van der Waals surface area (Å²) in [4.78, 5) is 9.18. The molecule has 0 spiro atoms. The zero-order valence-electron chi connectivity index (χ0n) is 16.1. The fourth-order valence-electron chi connectivity index (χ4n) is 3.45. The fourth-order valence-corrected chi connectivity index (χ4v) is 3.45. The lowest BCUT2D eigenvalue weighted by Gasteiger charge is -2.19. The van der Waals surface area contributed by atoms with Crippen LogP contribution in [0, 0.1) is 0 Å². The van der Waals surface area contributed by atoms with Crippen molar-refractivity contribution in [1.29, 1.82) is 0 Å². The van der Waals surface area contributed by atoms with Gasteiger partial charge in [-0.15, -0.1) is 0 Å². The largest absolute Gasteiger partial charge is 0.493 e. The van der Waals surface area contributed by atoms with Gasteiger partial charge in [-0.05, 0) is 23.8 Å². The Bertz CT molecular complexity index is 1110. The standard InChI is InChI=1S/C23H21N3O2/c1-24-23-17-13-19(27-2)20(28-3)14-18(17)26-22(16-7-5-4-6-8-16)21(23)15-9-11-25-12-10-15/h4-14H,1-3H3,(H,24,26). The molecule has 0 aliphatic carbocycles. The summed E-state index contributed by atoms with van der Waals surface area (Å²) in [7, 11) is 5.19. The Balaban J connectivity index is 2.13. The monoisotopic (exact) mass is 371 g/mol. The first-order valence-electron chi connectivity index (χ1n) is 9.00. The zero-order chi connectivity index (χ0) is 19.5. The number of hydrogen-bond donors (Lipinski definition) is 1. The van der Waals surface area contributed by atoms with E-state index < -0.39 is 0 Å². The molecular formula is C23H21N3O2. The quantitative estimate of drug-likeness (QED) is 0.534. The van der Waals surface area contributed by atoms with Gasteiger partial charge < -0.3 is 14.8 Å². The minimum Gasteiger partial charge on any atom is -0.493 e. The summed E-state index contributed by atoms with van der Waals surface area (Å²) in [6.45, 7) is 0. The molecule has 0 aliphatic heterocycles. The molecule has 5 nitrogen and oxygen atoms in total. The highest BCUT2D eigenvalue weighted by Crippen LogP contribution is 2.43. The second-order valence-electron chi connectivity index (χ2n) is 6.29. The van der Waals surface area contributed by atoms with Crippen molar-refractivity contribution in [2.24, 2.45) is 0 Å². The minimum absolute atomic E-state index is 0.653. The van der Waals surface area contributed by atoms with Crippen LogP contribution in [-0.2, 0) is 0 Å². The number of methoxy groups -OCH3 is 2. The number of fused-ring (bicyclic) bond motifs is 1. The molecule has 0 saturated heterocycles. The van der Waals surface area contributed by atoms with E-state index in [9.17, 15) is 0 Å². The van der Waals surface area contributed by atoms with E-state index in [1.54, 1.807) is 26.6 Å². The van der Waals surface area contributed by atoms with Crippen LogP contribution in [-0.4, -0.2) is 31.2 Å². The van der Waals surface area contributed by atoms with Gasteiger partial charge in [0.2, 0.25) is 0 Å². The Morgan fingerprint density at radius 2 is 1.50 bits per heavy atom. The highest BCUT2D eigenvalue weighted by molar-refractivity contribution is 6.05. The number of nitrogens with one attached hydrogen (secondary N) is 1. The molecule has 4 rings (SSSR count). The summed E-state index contributed by atoms with van der Waals surface area (Å²) in [5.41, 5.74) is 5.83. The van der Waals surface area contributed by atoms with Crippen molar-refractivity contribution >= 4 is 16.6 Å². The second kappa shape index (κ2) is 7.56. The Morgan fingerprint density at radius 3 is 2.14 bits per heavy atom. The fraction of sp³-hybridized carbons (Fsp3) is 0.130. The predicted molar refractivity (Wildman–Crippen MR) is 113 cm³/mol. The molecule has 0 unspecified atom stereocenters. The van der Waals surface area contributed by atoms with Crippen LogP contribution in [0.5, 0.6) is 11.5 Å². The van der Waals surface area contributed by atoms with Crippen LogP contribution in [0.4, 0.5) is 5.69 Å². The SMILES string of the molecule is CNc1c(-c2ccncc2)c(-c2ccccc2)nc2cc(OC)c(OC)cc12. The van der Waals surface area contributed by atoms with E-state index in [4.69, 9.17) is 14.5 Å². The van der Waals surface area contributed by atoms with Gasteiger partial charge in [-0.25, -0.2) is 4.98 Å². The van der Waals surface area contributed by atoms with Gasteiger partial charge in [0.1, 0.15) is 0 Å². The van der Waals surface area contributed by atoms with Crippen molar-refractivity contribution in [1.82, 2.24) is 9.97 Å². The Morgan fingerprint density at radius 1 is 0.821 bits per heavy atom. The minimum atomic E-state index is 0.653. The predicted octanol–water partition coefficient (Wildman–Crippen LogP) is 5.02. The van der Waals surface area contributed by atoms with Gasteiger partial charge >= 0.3 is 0 Å². The lowest BCUT2D eigenvalue weighted by molar-refractivity contribution is 0.356. The summed E-state index contributed by atoms with van der Waals surface area (Å²) >= 11 is 0. The van der Waals surface area contributed by atoms with Gasteiger partial charge in [0, 0.05) is 42.0 Å². The molecule has 0 amide bonds. The third-order valence-electron chi connectivity index (χ3n) is 4.76. The molecule has 4 aromatic rings. The van der Waals surface area contributed by atoms with Gasteiger partial charge in [-0.2, -0.15) is 0 Å². The summed E-state index contributed by atoms with van der Waals surface area (Å²) < 4.78 is 11.0. The molecule has 2 aromatic carbocycles. The van der Waals surface area contributed by atoms with E-state index in [-0.39, 0.29) is 0 Å². The van der Waals surface area contributed by atoms with Crippen molar-refractivity contribution in [3.05, 3.63) is 67.0 Å². The van der Waals surface area contributed by atoms with E-state index in [1.807, 2.05) is 49.5 Å². The Labute approximate surface area is 164 Å². The maximum absolute atomic E-state index is 5.51. The molecule has 0 saturated carbocycles. The molecular weight excluding hydrogens is 350 g/mol. The van der Waals surface area contributed by atoms with E-state index in [1.165, 1.54) is 0 Å². The molecule has 2 aromatic heterocycles. The number of hydrogen-bond acceptors (Lipinski definition) is 5. The molecule has 0 aliphatic rings. The molecule has 0 fully saturated rings. The summed E-state index contributed by atoms with van der Waals surface area (Å²) in [6, 6.07) is 18.1. The number of aromatic nitrogens is 2. The third kappa shape index (κ3) is 3.01. The molecule has 28 heavy (non-hydrogen) atoms. The number of benzene rings is 2. The second-order valence-corrected chi connectivity index (χ2v) is 6.29. The van der Waals surface area contributed by atoms with Crippen molar-refractivity contribution in [2.45, 2.75) is 0 Å². The Hall–Kier alpha value is -3.60. The number of ether oxygens (including phenoxy) is 2. The van der Waals surface area contributed by atoms with E-state index in [2.05, 4.69) is 22.4 Å². The smallest absolute Gasteiger partial charge is 0.162 e. The molecule has 5 heteroatoms. The topological polar surface area (TPSA) is 56.3 Å². The van der Waals surface area contributed by atoms with Crippen LogP contribution >= 0.6 is 0 Å². The van der Waals surface area contributed by atoms with Crippen molar-refractivity contribution in [3.8, 4) is 33.9 Å². The normalized spacial score (nSPS) is 10.7. The van der Waals surface area contributed by atoms with Crippen LogP contribution in [0.1, 0.15) is 0 Å². The third-order valence-corrected chi connectivity index (χ3v) is 4.76. The first kappa shape index (κ1) is 17.8.